The Hall–Kier alpha value is -0.760. The lowest BCUT2D eigenvalue weighted by molar-refractivity contribution is 0.0870. The first-order valence-electron chi connectivity index (χ1n) is 5.99. The molecule has 0 aromatic carbocycles. The lowest BCUT2D eigenvalue weighted by Gasteiger charge is -2.26. The van der Waals surface area contributed by atoms with Gasteiger partial charge in [0, 0.05) is 5.92 Å². The number of ketones is 1. The monoisotopic (exact) mass is 240 g/mol. The van der Waals surface area contributed by atoms with Crippen LogP contribution in [0.3, 0.4) is 0 Å². The van der Waals surface area contributed by atoms with Gasteiger partial charge in [-0.2, -0.15) is 0 Å². The summed E-state index contributed by atoms with van der Waals surface area (Å²) in [4.78, 5) is 12.1. The van der Waals surface area contributed by atoms with Crippen molar-refractivity contribution >= 4 is 17.4 Å². The van der Waals surface area contributed by atoms with Gasteiger partial charge < -0.3 is 4.42 Å². The third-order valence-electron chi connectivity index (χ3n) is 3.68. The van der Waals surface area contributed by atoms with Crippen LogP contribution < -0.4 is 0 Å². The van der Waals surface area contributed by atoms with Crippen molar-refractivity contribution in [2.75, 3.05) is 0 Å². The Labute approximate surface area is 101 Å². The van der Waals surface area contributed by atoms with Gasteiger partial charge in [0.1, 0.15) is 0 Å². The SMILES string of the molecule is CCC1CCC(C(=O)c2ccoc2Cl)CC1. The van der Waals surface area contributed by atoms with E-state index in [9.17, 15) is 4.79 Å². The summed E-state index contributed by atoms with van der Waals surface area (Å²) in [7, 11) is 0. The van der Waals surface area contributed by atoms with Gasteiger partial charge >= 0.3 is 0 Å². The maximum Gasteiger partial charge on any atom is 0.203 e. The molecule has 0 unspecified atom stereocenters. The van der Waals surface area contributed by atoms with Crippen molar-refractivity contribution in [2.45, 2.75) is 39.0 Å². The van der Waals surface area contributed by atoms with E-state index in [-0.39, 0.29) is 16.9 Å². The fourth-order valence-electron chi connectivity index (χ4n) is 2.52. The number of hydrogen-bond donors (Lipinski definition) is 0. The highest BCUT2D eigenvalue weighted by molar-refractivity contribution is 6.32. The summed E-state index contributed by atoms with van der Waals surface area (Å²) in [6, 6.07) is 1.68. The van der Waals surface area contributed by atoms with E-state index in [0.29, 0.717) is 5.56 Å². The van der Waals surface area contributed by atoms with Gasteiger partial charge in [0.25, 0.3) is 0 Å². The van der Waals surface area contributed by atoms with Gasteiger partial charge in [-0.1, -0.05) is 13.3 Å². The van der Waals surface area contributed by atoms with Gasteiger partial charge in [-0.25, -0.2) is 0 Å². The minimum Gasteiger partial charge on any atom is -0.452 e. The zero-order valence-electron chi connectivity index (χ0n) is 9.54. The molecule has 1 aromatic heterocycles. The fraction of sp³-hybridized carbons (Fsp3) is 0.615. The summed E-state index contributed by atoms with van der Waals surface area (Å²) in [5.74, 6) is 1.12. The van der Waals surface area contributed by atoms with Crippen molar-refractivity contribution < 1.29 is 9.21 Å². The predicted molar refractivity (Wildman–Crippen MR) is 63.8 cm³/mol. The molecule has 1 aliphatic carbocycles. The van der Waals surface area contributed by atoms with E-state index in [2.05, 4.69) is 6.92 Å². The molecule has 0 amide bonds. The number of carbonyl (C=O) groups is 1. The summed E-state index contributed by atoms with van der Waals surface area (Å²) in [5, 5.41) is 0.239. The predicted octanol–water partition coefficient (Wildman–Crippen LogP) is 4.33. The Morgan fingerprint density at radius 3 is 2.62 bits per heavy atom. The van der Waals surface area contributed by atoms with Gasteiger partial charge in [0.2, 0.25) is 5.22 Å². The number of Topliss-reactive ketones (excluding diaryl/α,β-unsaturated/α-hetero) is 1. The summed E-state index contributed by atoms with van der Waals surface area (Å²) in [5.41, 5.74) is 0.557. The minimum absolute atomic E-state index is 0.151. The first-order valence-corrected chi connectivity index (χ1v) is 6.37. The molecule has 2 nitrogen and oxygen atoms in total. The molecule has 1 heterocycles. The molecule has 0 N–H and O–H groups in total. The molecule has 88 valence electrons. The van der Waals surface area contributed by atoms with E-state index in [1.165, 1.54) is 25.5 Å². The van der Waals surface area contributed by atoms with Crippen molar-refractivity contribution in [1.82, 2.24) is 0 Å². The molecule has 2 rings (SSSR count). The Bertz CT molecular complexity index is 362. The van der Waals surface area contributed by atoms with Crippen LogP contribution in [0.5, 0.6) is 0 Å². The van der Waals surface area contributed by atoms with Gasteiger partial charge in [-0.15, -0.1) is 0 Å². The number of carbonyl (C=O) groups excluding carboxylic acids is 1. The van der Waals surface area contributed by atoms with Crippen LogP contribution in [0.4, 0.5) is 0 Å². The van der Waals surface area contributed by atoms with Gasteiger partial charge in [-0.3, -0.25) is 4.79 Å². The van der Waals surface area contributed by atoms with Crippen LogP contribution in [0.25, 0.3) is 0 Å². The molecule has 0 atom stereocenters. The highest BCUT2D eigenvalue weighted by Crippen LogP contribution is 2.33. The molecule has 0 bridgehead atoms. The largest absolute Gasteiger partial charge is 0.452 e. The Morgan fingerprint density at radius 1 is 1.44 bits per heavy atom. The Balaban J connectivity index is 2.00. The zero-order chi connectivity index (χ0) is 11.5. The quantitative estimate of drug-likeness (QED) is 0.736. The number of halogens is 1. The average Bonchev–Trinajstić information content (AvgIpc) is 2.75. The van der Waals surface area contributed by atoms with Crippen LogP contribution in [0.15, 0.2) is 16.7 Å². The summed E-state index contributed by atoms with van der Waals surface area (Å²) in [6.45, 7) is 2.22. The molecular formula is C13H17ClO2. The minimum atomic E-state index is 0.151. The smallest absolute Gasteiger partial charge is 0.203 e. The molecule has 0 saturated heterocycles. The van der Waals surface area contributed by atoms with E-state index in [1.807, 2.05) is 0 Å². The molecular weight excluding hydrogens is 224 g/mol. The molecule has 16 heavy (non-hydrogen) atoms. The Morgan fingerprint density at radius 2 is 2.12 bits per heavy atom. The molecule has 1 aromatic rings. The maximum absolute atomic E-state index is 12.1. The van der Waals surface area contributed by atoms with E-state index in [4.69, 9.17) is 16.0 Å². The fourth-order valence-corrected chi connectivity index (χ4v) is 2.73. The number of furan rings is 1. The lowest BCUT2D eigenvalue weighted by atomic mass is 9.78. The normalized spacial score (nSPS) is 25.6. The summed E-state index contributed by atoms with van der Waals surface area (Å²) < 4.78 is 4.96. The van der Waals surface area contributed by atoms with Crippen molar-refractivity contribution in [3.05, 3.63) is 23.1 Å². The topological polar surface area (TPSA) is 30.2 Å². The number of hydrogen-bond acceptors (Lipinski definition) is 2. The van der Waals surface area contributed by atoms with E-state index in [0.717, 1.165) is 18.8 Å². The second kappa shape index (κ2) is 5.05. The zero-order valence-corrected chi connectivity index (χ0v) is 10.3. The van der Waals surface area contributed by atoms with Crippen LogP contribution in [0.1, 0.15) is 49.4 Å². The van der Waals surface area contributed by atoms with Crippen LogP contribution >= 0.6 is 11.6 Å². The Kier molecular flexibility index (Phi) is 3.70. The van der Waals surface area contributed by atoms with E-state index in [1.54, 1.807) is 6.07 Å². The first-order chi connectivity index (χ1) is 7.72. The average molecular weight is 241 g/mol. The van der Waals surface area contributed by atoms with Crippen molar-refractivity contribution in [3.8, 4) is 0 Å². The summed E-state index contributed by atoms with van der Waals surface area (Å²) in [6.07, 6.45) is 7.04. The highest BCUT2D eigenvalue weighted by atomic mass is 35.5. The maximum atomic E-state index is 12.1. The molecule has 0 spiro atoms. The second-order valence-corrected chi connectivity index (χ2v) is 4.94. The van der Waals surface area contributed by atoms with Crippen LogP contribution in [0.2, 0.25) is 5.22 Å². The van der Waals surface area contributed by atoms with E-state index < -0.39 is 0 Å². The van der Waals surface area contributed by atoms with E-state index >= 15 is 0 Å². The molecule has 3 heteroatoms. The van der Waals surface area contributed by atoms with Gasteiger partial charge in [0.05, 0.1) is 11.8 Å². The highest BCUT2D eigenvalue weighted by Gasteiger charge is 2.28. The molecule has 1 aliphatic rings. The first kappa shape index (κ1) is 11.7. The molecule has 1 fully saturated rings. The molecule has 0 radical (unpaired) electrons. The van der Waals surface area contributed by atoms with Gasteiger partial charge in [-0.05, 0) is 49.3 Å². The molecule has 0 aliphatic heterocycles. The van der Waals surface area contributed by atoms with Crippen LogP contribution in [0, 0.1) is 11.8 Å². The number of rotatable bonds is 3. The molecule has 1 saturated carbocycles. The lowest BCUT2D eigenvalue weighted by Crippen LogP contribution is -2.21. The van der Waals surface area contributed by atoms with Crippen molar-refractivity contribution in [2.24, 2.45) is 11.8 Å². The standard InChI is InChI=1S/C13H17ClO2/c1-2-9-3-5-10(6-4-9)12(15)11-7-8-16-13(11)14/h7-10H,2-6H2,1H3. The van der Waals surface area contributed by atoms with Crippen LogP contribution in [-0.4, -0.2) is 5.78 Å². The van der Waals surface area contributed by atoms with Crippen LogP contribution in [-0.2, 0) is 0 Å². The third-order valence-corrected chi connectivity index (χ3v) is 3.97. The van der Waals surface area contributed by atoms with Gasteiger partial charge in [0.15, 0.2) is 5.78 Å². The second-order valence-electron chi connectivity index (χ2n) is 4.60. The summed E-state index contributed by atoms with van der Waals surface area (Å²) >= 11 is 5.82. The van der Waals surface area contributed by atoms with Crippen molar-refractivity contribution in [3.63, 3.8) is 0 Å². The third kappa shape index (κ3) is 2.32. The van der Waals surface area contributed by atoms with Crippen molar-refractivity contribution in [1.29, 1.82) is 0 Å².